The number of thioether (sulfide) groups is 1. The summed E-state index contributed by atoms with van der Waals surface area (Å²) in [7, 11) is 0.892. The number of carbonyl (C=O) groups is 2. The van der Waals surface area contributed by atoms with Gasteiger partial charge in [-0.15, -0.1) is 11.8 Å². The molecule has 2 atom stereocenters. The smallest absolute Gasteiger partial charge is 0.278 e. The van der Waals surface area contributed by atoms with Gasteiger partial charge in [0.05, 0.1) is 12.6 Å². The number of hydrogen-bond donors (Lipinski definition) is 1. The summed E-state index contributed by atoms with van der Waals surface area (Å²) < 4.78 is 31.2. The molecule has 0 bridgehead atoms. The van der Waals surface area contributed by atoms with Crippen LogP contribution in [0, 0.1) is 11.6 Å². The van der Waals surface area contributed by atoms with Gasteiger partial charge in [-0.2, -0.15) is 0 Å². The Balaban J connectivity index is 1.62. The van der Waals surface area contributed by atoms with E-state index >= 15 is 4.39 Å². The molecule has 3 aliphatic heterocycles. The van der Waals surface area contributed by atoms with E-state index in [1.165, 1.54) is 28.7 Å². The highest BCUT2D eigenvalue weighted by atomic mass is 32.2. The van der Waals surface area contributed by atoms with E-state index in [0.717, 1.165) is 32.8 Å². The highest BCUT2D eigenvalue weighted by Gasteiger charge is 2.47. The molecule has 0 saturated carbocycles. The first-order valence-electron chi connectivity index (χ1n) is 12.8. The van der Waals surface area contributed by atoms with Gasteiger partial charge in [0.15, 0.2) is 23.1 Å². The van der Waals surface area contributed by atoms with E-state index in [0.29, 0.717) is 18.5 Å². The first-order chi connectivity index (χ1) is 18.8. The monoisotopic (exact) mass is 568 g/mol. The molecule has 6 rings (SSSR count). The number of pyridine rings is 1. The van der Waals surface area contributed by atoms with Crippen molar-refractivity contribution < 1.29 is 23.5 Å². The quantitative estimate of drug-likeness (QED) is 0.487. The number of benzene rings is 2. The molecule has 2 amide bonds. The fraction of sp³-hybridized carbons (Fsp3) is 0.296. The standard InChI is InChI=1S/C27H26F2N4O4SSi/c28-18-6-5-15-17(23(18)29)14-38-20-4-2-1-3-16(20)24(15)33-21-13-30(22(35)8-12-39)10-11-31(21)27(37)25-26(36)19(34)7-9-32(25)33/h1-7,9,21,24,36H,8,10-14H2,39H3. The Morgan fingerprint density at radius 3 is 2.67 bits per heavy atom. The van der Waals surface area contributed by atoms with Crippen molar-refractivity contribution in [1.82, 2.24) is 14.5 Å². The number of amides is 2. The zero-order chi connectivity index (χ0) is 27.4. The second-order valence-corrected chi connectivity index (χ2v) is 11.8. The van der Waals surface area contributed by atoms with Crippen molar-refractivity contribution in [2.24, 2.45) is 0 Å². The normalized spacial score (nSPS) is 20.2. The van der Waals surface area contributed by atoms with Gasteiger partial charge in [0.2, 0.25) is 11.3 Å². The largest absolute Gasteiger partial charge is 0.502 e. The molecular weight excluding hydrogens is 542 g/mol. The number of rotatable bonds is 3. The number of aromatic nitrogens is 1. The van der Waals surface area contributed by atoms with Crippen molar-refractivity contribution in [3.8, 4) is 5.75 Å². The van der Waals surface area contributed by atoms with Crippen LogP contribution >= 0.6 is 11.8 Å². The number of hydrogen-bond acceptors (Lipinski definition) is 6. The molecule has 12 heteroatoms. The lowest BCUT2D eigenvalue weighted by Crippen LogP contribution is -2.69. The van der Waals surface area contributed by atoms with Crippen LogP contribution in [0.1, 0.15) is 39.6 Å². The molecule has 0 spiro atoms. The van der Waals surface area contributed by atoms with Crippen molar-refractivity contribution >= 4 is 33.8 Å². The average Bonchev–Trinajstić information content (AvgIpc) is 3.10. The van der Waals surface area contributed by atoms with Crippen LogP contribution in [0.5, 0.6) is 5.75 Å². The van der Waals surface area contributed by atoms with Gasteiger partial charge in [-0.05, 0) is 23.3 Å². The van der Waals surface area contributed by atoms with E-state index < -0.39 is 40.9 Å². The predicted molar refractivity (Wildman–Crippen MR) is 146 cm³/mol. The van der Waals surface area contributed by atoms with Crippen LogP contribution in [0.4, 0.5) is 8.78 Å². The molecular formula is C27H26F2N4O4SSi. The van der Waals surface area contributed by atoms with Crippen LogP contribution in [0.15, 0.2) is 58.4 Å². The van der Waals surface area contributed by atoms with E-state index in [2.05, 4.69) is 0 Å². The van der Waals surface area contributed by atoms with Gasteiger partial charge in [0.25, 0.3) is 5.91 Å². The summed E-state index contributed by atoms with van der Waals surface area (Å²) in [6, 6.07) is 11.4. The van der Waals surface area contributed by atoms with Gasteiger partial charge in [-0.1, -0.05) is 30.3 Å². The average molecular weight is 569 g/mol. The molecule has 8 nitrogen and oxygen atoms in total. The molecule has 39 heavy (non-hydrogen) atoms. The van der Waals surface area contributed by atoms with E-state index in [1.807, 2.05) is 29.3 Å². The first kappa shape index (κ1) is 25.6. The van der Waals surface area contributed by atoms with Crippen molar-refractivity contribution in [2.45, 2.75) is 35.3 Å². The minimum absolute atomic E-state index is 0.00376. The summed E-state index contributed by atoms with van der Waals surface area (Å²) in [5, 5.41) is 12.6. The summed E-state index contributed by atoms with van der Waals surface area (Å²) in [6.07, 6.45) is 1.15. The maximum atomic E-state index is 15.3. The van der Waals surface area contributed by atoms with Crippen molar-refractivity contribution in [2.75, 3.05) is 24.6 Å². The fourth-order valence-corrected chi connectivity index (χ4v) is 7.30. The van der Waals surface area contributed by atoms with Crippen LogP contribution in [0.3, 0.4) is 0 Å². The zero-order valence-electron chi connectivity index (χ0n) is 21.1. The summed E-state index contributed by atoms with van der Waals surface area (Å²) in [4.78, 5) is 43.2. The molecule has 1 fully saturated rings. The zero-order valence-corrected chi connectivity index (χ0v) is 24.0. The third-order valence-corrected chi connectivity index (χ3v) is 9.24. The summed E-state index contributed by atoms with van der Waals surface area (Å²) >= 11 is 1.39. The molecule has 1 saturated heterocycles. The van der Waals surface area contributed by atoms with E-state index in [9.17, 15) is 23.9 Å². The summed E-state index contributed by atoms with van der Waals surface area (Å²) in [5.74, 6) is -2.89. The SMILES string of the molecule is O=C(CC[SiH3])N1CCN2C(=O)c3c(O)c(=O)ccn3N(C3c4ccccc4SCc4c3ccc(F)c4F)C2C1. The summed E-state index contributed by atoms with van der Waals surface area (Å²) in [6.45, 7) is 0.703. The first-order valence-corrected chi connectivity index (χ1v) is 15.2. The van der Waals surface area contributed by atoms with Crippen LogP contribution in [-0.2, 0) is 10.5 Å². The van der Waals surface area contributed by atoms with Crippen LogP contribution in [-0.4, -0.2) is 67.4 Å². The maximum Gasteiger partial charge on any atom is 0.278 e. The Morgan fingerprint density at radius 2 is 1.87 bits per heavy atom. The molecule has 1 aromatic heterocycles. The van der Waals surface area contributed by atoms with Gasteiger partial charge < -0.3 is 14.9 Å². The third kappa shape index (κ3) is 4.04. The number of halogens is 2. The lowest BCUT2D eigenvalue weighted by atomic mass is 9.93. The number of carbonyl (C=O) groups excluding carboxylic acids is 2. The Bertz CT molecular complexity index is 1570. The minimum atomic E-state index is -0.950. The number of piperazine rings is 1. The van der Waals surface area contributed by atoms with Gasteiger partial charge in [0, 0.05) is 58.2 Å². The fourth-order valence-electron chi connectivity index (χ4n) is 5.76. The topological polar surface area (TPSA) is 86.1 Å². The van der Waals surface area contributed by atoms with Gasteiger partial charge in [-0.3, -0.25) is 24.1 Å². The highest BCUT2D eigenvalue weighted by Crippen LogP contribution is 2.45. The second kappa shape index (κ2) is 9.83. The Hall–Kier alpha value is -3.64. The van der Waals surface area contributed by atoms with Crippen molar-refractivity contribution in [3.05, 3.63) is 92.9 Å². The van der Waals surface area contributed by atoms with E-state index in [-0.39, 0.29) is 36.0 Å². The molecule has 3 aromatic rings. The van der Waals surface area contributed by atoms with Crippen molar-refractivity contribution in [3.63, 3.8) is 0 Å². The molecule has 0 radical (unpaired) electrons. The molecule has 2 unspecified atom stereocenters. The van der Waals surface area contributed by atoms with Gasteiger partial charge in [0.1, 0.15) is 6.17 Å². The Morgan fingerprint density at radius 1 is 1.08 bits per heavy atom. The van der Waals surface area contributed by atoms with Gasteiger partial charge in [-0.25, -0.2) is 8.78 Å². The number of nitrogens with zero attached hydrogens (tertiary/aromatic N) is 4. The van der Waals surface area contributed by atoms with Gasteiger partial charge >= 0.3 is 0 Å². The molecule has 0 aliphatic carbocycles. The second-order valence-electron chi connectivity index (χ2n) is 9.83. The number of aromatic hydroxyl groups is 1. The number of fused-ring (bicyclic) bond motifs is 4. The van der Waals surface area contributed by atoms with E-state index in [4.69, 9.17) is 0 Å². The Kier molecular flexibility index (Phi) is 6.46. The Labute approximate surface area is 230 Å². The molecule has 1 N–H and O–H groups in total. The molecule has 3 aliphatic rings. The minimum Gasteiger partial charge on any atom is -0.502 e. The van der Waals surface area contributed by atoms with E-state index in [1.54, 1.807) is 15.9 Å². The maximum absolute atomic E-state index is 15.3. The van der Waals surface area contributed by atoms with Crippen LogP contribution in [0.25, 0.3) is 0 Å². The highest BCUT2D eigenvalue weighted by molar-refractivity contribution is 7.98. The third-order valence-electron chi connectivity index (χ3n) is 7.62. The molecule has 2 aromatic carbocycles. The lowest BCUT2D eigenvalue weighted by molar-refractivity contribution is -0.133. The summed E-state index contributed by atoms with van der Waals surface area (Å²) in [5.41, 5.74) is 0.619. The predicted octanol–water partition coefficient (Wildman–Crippen LogP) is 1.96. The van der Waals surface area contributed by atoms with Crippen LogP contribution in [0.2, 0.25) is 6.04 Å². The molecule has 4 heterocycles. The lowest BCUT2D eigenvalue weighted by Gasteiger charge is -2.53. The van der Waals surface area contributed by atoms with Crippen LogP contribution < -0.4 is 10.4 Å². The van der Waals surface area contributed by atoms with Crippen molar-refractivity contribution in [1.29, 1.82) is 0 Å². The molecule has 202 valence electrons.